The summed E-state index contributed by atoms with van der Waals surface area (Å²) in [7, 11) is 0. The molecule has 1 atom stereocenters. The minimum absolute atomic E-state index is 0.0222. The largest absolute Gasteiger partial charge is 0.454 e. The van der Waals surface area contributed by atoms with E-state index in [9.17, 15) is 15.2 Å². The van der Waals surface area contributed by atoms with Crippen LogP contribution in [0.1, 0.15) is 18.4 Å². The maximum atomic E-state index is 11.3. The van der Waals surface area contributed by atoms with E-state index in [0.717, 1.165) is 31.6 Å². The molecule has 4 aliphatic heterocycles. The van der Waals surface area contributed by atoms with Crippen LogP contribution in [0.2, 0.25) is 0 Å². The topological polar surface area (TPSA) is 86.3 Å². The molecule has 1 aromatic rings. The van der Waals surface area contributed by atoms with E-state index in [2.05, 4.69) is 0 Å². The first-order valence-corrected chi connectivity index (χ1v) is 7.46. The number of fused-ring (bicyclic) bond motifs is 4. The standard InChI is InChI=1S/C15H16N2O5/c18-15-9-1-3-16(4-2-9)12(15)5-10-6-13-14(22-8-21-13)7-11(10)17(19)20/h5-7,9,15,18H,1-4,8H2/p+1/b12-5-/t15-/m1/s1. The third-order valence-electron chi connectivity index (χ3n) is 4.84. The molecule has 0 aliphatic carbocycles. The number of nitro benzene ring substituents is 1. The van der Waals surface area contributed by atoms with E-state index in [1.165, 1.54) is 11.0 Å². The highest BCUT2D eigenvalue weighted by molar-refractivity contribution is 5.68. The molecule has 3 saturated heterocycles. The lowest BCUT2D eigenvalue weighted by Gasteiger charge is -2.40. The molecule has 22 heavy (non-hydrogen) atoms. The number of ether oxygens (including phenoxy) is 2. The van der Waals surface area contributed by atoms with Crippen LogP contribution in [-0.4, -0.2) is 36.0 Å². The average Bonchev–Trinajstić information content (AvgIpc) is 2.97. The van der Waals surface area contributed by atoms with Crippen LogP contribution >= 0.6 is 0 Å². The van der Waals surface area contributed by atoms with E-state index < -0.39 is 11.0 Å². The van der Waals surface area contributed by atoms with Crippen molar-refractivity contribution in [2.24, 2.45) is 5.92 Å². The number of aliphatic hydroxyl groups excluding tert-OH is 1. The zero-order valence-electron chi connectivity index (χ0n) is 11.9. The van der Waals surface area contributed by atoms with Gasteiger partial charge < -0.3 is 19.5 Å². The minimum atomic E-state index is -0.512. The maximum absolute atomic E-state index is 11.3. The Hall–Kier alpha value is -2.12. The lowest BCUT2D eigenvalue weighted by Crippen LogP contribution is -3.14. The number of piperidine rings is 3. The van der Waals surface area contributed by atoms with Gasteiger partial charge in [0.15, 0.2) is 11.5 Å². The molecule has 0 amide bonds. The van der Waals surface area contributed by atoms with Crippen molar-refractivity contribution in [2.75, 3.05) is 19.9 Å². The van der Waals surface area contributed by atoms with Crippen molar-refractivity contribution in [1.29, 1.82) is 0 Å². The number of rotatable bonds is 2. The third-order valence-corrected chi connectivity index (χ3v) is 4.84. The summed E-state index contributed by atoms with van der Waals surface area (Å²) in [6, 6.07) is 3.02. The lowest BCUT2D eigenvalue weighted by atomic mass is 9.83. The molecule has 0 radical (unpaired) electrons. The zero-order chi connectivity index (χ0) is 15.3. The number of nitrogens with zero attached hydrogens (tertiary/aromatic N) is 1. The number of hydrogen-bond donors (Lipinski definition) is 2. The van der Waals surface area contributed by atoms with Crippen molar-refractivity contribution in [3.05, 3.63) is 33.5 Å². The van der Waals surface area contributed by atoms with Crippen molar-refractivity contribution in [3.8, 4) is 11.5 Å². The van der Waals surface area contributed by atoms with Crippen molar-refractivity contribution in [2.45, 2.75) is 18.9 Å². The molecule has 5 rings (SSSR count). The van der Waals surface area contributed by atoms with Crippen LogP contribution in [0.25, 0.3) is 6.08 Å². The van der Waals surface area contributed by atoms with E-state index >= 15 is 0 Å². The molecule has 3 fully saturated rings. The van der Waals surface area contributed by atoms with E-state index in [4.69, 9.17) is 9.47 Å². The molecular formula is C15H17N2O5+. The van der Waals surface area contributed by atoms with Gasteiger partial charge in [0.05, 0.1) is 29.6 Å². The molecule has 0 saturated carbocycles. The molecule has 4 aliphatic rings. The zero-order valence-corrected chi connectivity index (χ0v) is 11.9. The first kappa shape index (κ1) is 13.5. The Morgan fingerprint density at radius 3 is 2.59 bits per heavy atom. The van der Waals surface area contributed by atoms with Crippen LogP contribution in [0.5, 0.6) is 11.5 Å². The van der Waals surface area contributed by atoms with Gasteiger partial charge in [0.2, 0.25) is 6.79 Å². The van der Waals surface area contributed by atoms with Gasteiger partial charge in [-0.05, 0) is 6.07 Å². The van der Waals surface area contributed by atoms with Crippen molar-refractivity contribution < 1.29 is 24.4 Å². The first-order valence-electron chi connectivity index (χ1n) is 7.46. The third kappa shape index (κ3) is 2.05. The number of quaternary nitrogens is 1. The Morgan fingerprint density at radius 1 is 1.27 bits per heavy atom. The fourth-order valence-electron chi connectivity index (χ4n) is 3.63. The van der Waals surface area contributed by atoms with E-state index in [-0.39, 0.29) is 18.4 Å². The number of hydrogen-bond acceptors (Lipinski definition) is 5. The van der Waals surface area contributed by atoms with Crippen LogP contribution in [0.4, 0.5) is 5.69 Å². The van der Waals surface area contributed by atoms with Gasteiger partial charge in [0.25, 0.3) is 5.69 Å². The molecule has 0 aromatic heterocycles. The summed E-state index contributed by atoms with van der Waals surface area (Å²) in [5.41, 5.74) is 1.29. The monoisotopic (exact) mass is 305 g/mol. The summed E-state index contributed by atoms with van der Waals surface area (Å²) >= 11 is 0. The molecule has 1 aromatic carbocycles. The summed E-state index contributed by atoms with van der Waals surface area (Å²) in [5.74, 6) is 1.18. The average molecular weight is 305 g/mol. The Labute approximate surface area is 126 Å². The normalized spacial score (nSPS) is 30.8. The Bertz CT molecular complexity index is 660. The van der Waals surface area contributed by atoms with E-state index in [1.807, 2.05) is 0 Å². The smallest absolute Gasteiger partial charge is 0.280 e. The van der Waals surface area contributed by atoms with Crippen LogP contribution in [0.3, 0.4) is 0 Å². The Kier molecular flexibility index (Phi) is 3.05. The first-order chi connectivity index (χ1) is 10.6. The van der Waals surface area contributed by atoms with Gasteiger partial charge in [-0.3, -0.25) is 10.1 Å². The number of nitro groups is 1. The second-order valence-electron chi connectivity index (χ2n) is 6.01. The number of nitrogens with one attached hydrogen (secondary N) is 1. The van der Waals surface area contributed by atoms with Crippen LogP contribution in [-0.2, 0) is 0 Å². The molecule has 7 nitrogen and oxygen atoms in total. The van der Waals surface area contributed by atoms with E-state index in [1.54, 1.807) is 12.1 Å². The SMILES string of the molecule is O=[N+]([O-])c1cc2c(cc1/C=C1/[C@H](O)C3CC[NH+]1CC3)OCO2. The van der Waals surface area contributed by atoms with Crippen LogP contribution in [0, 0.1) is 16.0 Å². The molecule has 0 spiro atoms. The highest BCUT2D eigenvalue weighted by Gasteiger charge is 2.41. The maximum Gasteiger partial charge on any atom is 0.280 e. The Balaban J connectivity index is 1.79. The van der Waals surface area contributed by atoms with Crippen LogP contribution in [0.15, 0.2) is 17.8 Å². The van der Waals surface area contributed by atoms with Gasteiger partial charge >= 0.3 is 0 Å². The van der Waals surface area contributed by atoms with Gasteiger partial charge in [-0.1, -0.05) is 0 Å². The number of benzene rings is 1. The van der Waals surface area contributed by atoms with Gasteiger partial charge in [0, 0.05) is 24.8 Å². The van der Waals surface area contributed by atoms with E-state index in [0.29, 0.717) is 17.1 Å². The predicted molar refractivity (Wildman–Crippen MR) is 76.6 cm³/mol. The van der Waals surface area contributed by atoms with Crippen molar-refractivity contribution in [1.82, 2.24) is 0 Å². The van der Waals surface area contributed by atoms with Crippen LogP contribution < -0.4 is 14.4 Å². The molecule has 7 heteroatoms. The molecule has 4 heterocycles. The quantitative estimate of drug-likeness (QED) is 0.607. The highest BCUT2D eigenvalue weighted by atomic mass is 16.7. The van der Waals surface area contributed by atoms with Gasteiger partial charge in [-0.2, -0.15) is 0 Å². The van der Waals surface area contributed by atoms with Gasteiger partial charge in [-0.25, -0.2) is 0 Å². The van der Waals surface area contributed by atoms with Crippen molar-refractivity contribution >= 4 is 11.8 Å². The molecule has 2 N–H and O–H groups in total. The van der Waals surface area contributed by atoms with Gasteiger partial charge in [-0.15, -0.1) is 0 Å². The predicted octanol–water partition coefficient (Wildman–Crippen LogP) is 0.334. The lowest BCUT2D eigenvalue weighted by molar-refractivity contribution is -0.880. The van der Waals surface area contributed by atoms with Crippen molar-refractivity contribution in [3.63, 3.8) is 0 Å². The molecule has 2 bridgehead atoms. The van der Waals surface area contributed by atoms with Gasteiger partial charge in [0.1, 0.15) is 11.8 Å². The minimum Gasteiger partial charge on any atom is -0.454 e. The summed E-state index contributed by atoms with van der Waals surface area (Å²) < 4.78 is 10.5. The summed E-state index contributed by atoms with van der Waals surface area (Å²) in [6.45, 7) is 2.03. The fourth-order valence-corrected chi connectivity index (χ4v) is 3.63. The summed E-state index contributed by atoms with van der Waals surface area (Å²) in [5, 5.41) is 21.7. The second kappa shape index (κ2) is 4.96. The Morgan fingerprint density at radius 2 is 1.95 bits per heavy atom. The molecule has 116 valence electrons. The molecular weight excluding hydrogens is 288 g/mol. The fraction of sp³-hybridized carbons (Fsp3) is 0.467. The molecule has 0 unspecified atom stereocenters. The highest BCUT2D eigenvalue weighted by Crippen LogP contribution is 2.39. The second-order valence-corrected chi connectivity index (χ2v) is 6.01. The number of aliphatic hydroxyl groups is 1. The summed E-state index contributed by atoms with van der Waals surface area (Å²) in [6.07, 6.45) is 3.27. The summed E-state index contributed by atoms with van der Waals surface area (Å²) in [4.78, 5) is 12.1.